The van der Waals surface area contributed by atoms with Crippen LogP contribution in [0.4, 0.5) is 9.18 Å². The number of benzene rings is 2. The van der Waals surface area contributed by atoms with Crippen molar-refractivity contribution in [3.8, 4) is 5.75 Å². The summed E-state index contributed by atoms with van der Waals surface area (Å²) in [5.41, 5.74) is -0.280. The molecule has 0 aliphatic heterocycles. The summed E-state index contributed by atoms with van der Waals surface area (Å²) in [6.07, 6.45) is -0.963. The van der Waals surface area contributed by atoms with Crippen LogP contribution in [0.2, 0.25) is 5.02 Å². The van der Waals surface area contributed by atoms with Crippen molar-refractivity contribution >= 4 is 44.6 Å². The third kappa shape index (κ3) is 5.05. The van der Waals surface area contributed by atoms with Gasteiger partial charge in [0.25, 0.3) is 10.0 Å². The molecule has 12 heteroatoms. The van der Waals surface area contributed by atoms with Gasteiger partial charge in [0.05, 0.1) is 5.02 Å². The van der Waals surface area contributed by atoms with Gasteiger partial charge < -0.3 is 14.1 Å². The zero-order valence-electron chi connectivity index (χ0n) is 18.6. The third-order valence-electron chi connectivity index (χ3n) is 4.88. The lowest BCUT2D eigenvalue weighted by atomic mass is 9.99. The molecule has 0 saturated heterocycles. The molecular formula is C22H20ClFN2O7S. The Morgan fingerprint density at radius 2 is 1.91 bits per heavy atom. The quantitative estimate of drug-likeness (QED) is 0.522. The summed E-state index contributed by atoms with van der Waals surface area (Å²) in [5.74, 6) is -1.98. The molecule has 0 aliphatic carbocycles. The fraction of sp³-hybridized carbons (Fsp3) is 0.227. The van der Waals surface area contributed by atoms with Gasteiger partial charge in [-0.1, -0.05) is 23.7 Å². The maximum absolute atomic E-state index is 15.0. The molecule has 2 amide bonds. The van der Waals surface area contributed by atoms with Gasteiger partial charge in [0, 0.05) is 44.5 Å². The number of sulfonamides is 1. The van der Waals surface area contributed by atoms with Gasteiger partial charge in [-0.05, 0) is 30.2 Å². The molecule has 0 saturated carbocycles. The second-order valence-corrected chi connectivity index (χ2v) is 9.66. The standard InChI is InChI=1S/C22H20ClFN2O7S/c1-11-14-9-16(23)18(33-22(29)26(3)4)10-17(14)32-21(28)15(11)8-13-6-5-7-19(20(13)24)34(30,31)25-12(2)27/h5-7,9-10H,8H2,1-4H3,(H,25,27). The number of hydrogen-bond donors (Lipinski definition) is 1. The molecule has 1 aromatic heterocycles. The molecule has 0 radical (unpaired) electrons. The number of carbonyl (C=O) groups excluding carboxylic acids is 2. The second kappa shape index (κ2) is 9.43. The number of hydrogen-bond acceptors (Lipinski definition) is 7. The van der Waals surface area contributed by atoms with E-state index in [1.165, 1.54) is 43.3 Å². The average molecular weight is 511 g/mol. The summed E-state index contributed by atoms with van der Waals surface area (Å²) in [6, 6.07) is 6.38. The van der Waals surface area contributed by atoms with Crippen molar-refractivity contribution < 1.29 is 31.6 Å². The maximum atomic E-state index is 15.0. The van der Waals surface area contributed by atoms with Crippen LogP contribution in [0.1, 0.15) is 23.6 Å². The normalized spacial score (nSPS) is 11.4. The zero-order valence-corrected chi connectivity index (χ0v) is 20.1. The highest BCUT2D eigenvalue weighted by molar-refractivity contribution is 7.90. The predicted molar refractivity (Wildman–Crippen MR) is 122 cm³/mol. The van der Waals surface area contributed by atoms with Gasteiger partial charge in [-0.15, -0.1) is 0 Å². The molecule has 0 fully saturated rings. The molecular weight excluding hydrogens is 491 g/mol. The van der Waals surface area contributed by atoms with E-state index in [2.05, 4.69) is 0 Å². The van der Waals surface area contributed by atoms with Crippen molar-refractivity contribution in [2.75, 3.05) is 14.1 Å². The number of halogens is 2. The number of aryl methyl sites for hydroxylation is 1. The minimum absolute atomic E-state index is 0.00918. The summed E-state index contributed by atoms with van der Waals surface area (Å²) < 4.78 is 51.8. The molecule has 3 rings (SSSR count). The van der Waals surface area contributed by atoms with Crippen LogP contribution in [-0.4, -0.2) is 39.4 Å². The van der Waals surface area contributed by atoms with Gasteiger partial charge in [0.15, 0.2) is 5.75 Å². The first-order valence-electron chi connectivity index (χ1n) is 9.77. The summed E-state index contributed by atoms with van der Waals surface area (Å²) in [7, 11) is -1.45. The van der Waals surface area contributed by atoms with Crippen molar-refractivity contribution in [1.29, 1.82) is 0 Å². The highest BCUT2D eigenvalue weighted by Crippen LogP contribution is 2.33. The number of amides is 2. The number of ether oxygens (including phenoxy) is 1. The molecule has 0 atom stereocenters. The molecule has 34 heavy (non-hydrogen) atoms. The monoisotopic (exact) mass is 510 g/mol. The Labute approximate surface area is 199 Å². The van der Waals surface area contributed by atoms with E-state index in [0.717, 1.165) is 13.0 Å². The topological polar surface area (TPSA) is 123 Å². The molecule has 9 nitrogen and oxygen atoms in total. The van der Waals surface area contributed by atoms with Gasteiger partial charge >= 0.3 is 11.7 Å². The summed E-state index contributed by atoms with van der Waals surface area (Å²) >= 11 is 6.24. The number of fused-ring (bicyclic) bond motifs is 1. The van der Waals surface area contributed by atoms with E-state index in [-0.39, 0.29) is 33.9 Å². The van der Waals surface area contributed by atoms with E-state index < -0.39 is 38.4 Å². The van der Waals surface area contributed by atoms with Gasteiger partial charge in [0.1, 0.15) is 16.3 Å². The molecule has 180 valence electrons. The Bertz CT molecular complexity index is 1480. The summed E-state index contributed by atoms with van der Waals surface area (Å²) in [4.78, 5) is 36.2. The van der Waals surface area contributed by atoms with Crippen LogP contribution in [0.3, 0.4) is 0 Å². The van der Waals surface area contributed by atoms with Gasteiger partial charge in [-0.3, -0.25) is 4.79 Å². The minimum Gasteiger partial charge on any atom is -0.422 e. The van der Waals surface area contributed by atoms with E-state index in [1.807, 2.05) is 0 Å². The number of carbonyl (C=O) groups is 2. The number of nitrogens with zero attached hydrogens (tertiary/aromatic N) is 1. The van der Waals surface area contributed by atoms with E-state index >= 15 is 4.39 Å². The largest absolute Gasteiger partial charge is 0.422 e. The van der Waals surface area contributed by atoms with E-state index in [9.17, 15) is 22.8 Å². The van der Waals surface area contributed by atoms with Crippen molar-refractivity contribution in [2.24, 2.45) is 0 Å². The molecule has 0 bridgehead atoms. The fourth-order valence-corrected chi connectivity index (χ4v) is 4.51. The second-order valence-electron chi connectivity index (χ2n) is 7.60. The highest BCUT2D eigenvalue weighted by atomic mass is 35.5. The lowest BCUT2D eigenvalue weighted by molar-refractivity contribution is -0.117. The fourth-order valence-electron chi connectivity index (χ4n) is 3.19. The van der Waals surface area contributed by atoms with Crippen LogP contribution in [0.5, 0.6) is 5.75 Å². The first-order valence-corrected chi connectivity index (χ1v) is 11.6. The zero-order chi connectivity index (χ0) is 25.4. The average Bonchev–Trinajstić information content (AvgIpc) is 2.72. The Morgan fingerprint density at radius 1 is 1.24 bits per heavy atom. The van der Waals surface area contributed by atoms with Crippen LogP contribution >= 0.6 is 11.6 Å². The third-order valence-corrected chi connectivity index (χ3v) is 6.63. The molecule has 0 spiro atoms. The van der Waals surface area contributed by atoms with Gasteiger partial charge in [0.2, 0.25) is 5.91 Å². The lowest BCUT2D eigenvalue weighted by Crippen LogP contribution is -2.29. The van der Waals surface area contributed by atoms with Crippen LogP contribution in [0, 0.1) is 12.7 Å². The Morgan fingerprint density at radius 3 is 2.53 bits per heavy atom. The highest BCUT2D eigenvalue weighted by Gasteiger charge is 2.24. The number of rotatable bonds is 5. The molecule has 1 N–H and O–H groups in total. The summed E-state index contributed by atoms with van der Waals surface area (Å²) in [5, 5.41) is 0.506. The SMILES string of the molecule is CC(=O)NS(=O)(=O)c1cccc(Cc2c(C)c3cc(Cl)c(OC(=O)N(C)C)cc3oc2=O)c1F. The first-order chi connectivity index (χ1) is 15.8. The van der Waals surface area contributed by atoms with Crippen molar-refractivity contribution in [3.63, 3.8) is 0 Å². The van der Waals surface area contributed by atoms with Crippen LogP contribution in [0.15, 0.2) is 44.4 Å². The maximum Gasteiger partial charge on any atom is 0.414 e. The first kappa shape index (κ1) is 25.2. The van der Waals surface area contributed by atoms with Crippen molar-refractivity contribution in [3.05, 3.63) is 68.3 Å². The lowest BCUT2D eigenvalue weighted by Gasteiger charge is -2.14. The van der Waals surface area contributed by atoms with E-state index in [0.29, 0.717) is 10.9 Å². The van der Waals surface area contributed by atoms with E-state index in [4.69, 9.17) is 20.8 Å². The molecule has 2 aromatic carbocycles. The summed E-state index contributed by atoms with van der Waals surface area (Å²) in [6.45, 7) is 2.59. The van der Waals surface area contributed by atoms with E-state index in [1.54, 1.807) is 11.6 Å². The molecule has 0 aliphatic rings. The molecule has 1 heterocycles. The Kier molecular flexibility index (Phi) is 6.99. The van der Waals surface area contributed by atoms with Crippen LogP contribution < -0.4 is 15.1 Å². The smallest absolute Gasteiger partial charge is 0.414 e. The van der Waals surface area contributed by atoms with Crippen molar-refractivity contribution in [2.45, 2.75) is 25.2 Å². The Balaban J connectivity index is 2.07. The number of nitrogens with one attached hydrogen (secondary N) is 1. The predicted octanol–water partition coefficient (Wildman–Crippen LogP) is 3.37. The van der Waals surface area contributed by atoms with Crippen LogP contribution in [0.25, 0.3) is 11.0 Å². The molecule has 3 aromatic rings. The van der Waals surface area contributed by atoms with Gasteiger partial charge in [-0.2, -0.15) is 0 Å². The van der Waals surface area contributed by atoms with Crippen molar-refractivity contribution in [1.82, 2.24) is 9.62 Å². The molecule has 0 unspecified atom stereocenters. The van der Waals surface area contributed by atoms with Crippen LogP contribution in [-0.2, 0) is 21.2 Å². The Hall–Kier alpha value is -3.44. The van der Waals surface area contributed by atoms with Gasteiger partial charge in [-0.25, -0.2) is 27.1 Å². The minimum atomic E-state index is -4.42.